The predicted molar refractivity (Wildman–Crippen MR) is 79.8 cm³/mol. The SMILES string of the molecule is C=C(C)C(=O)OCCCN(C)C.C=CC(=O)OCC1CO1. The third-order valence-corrected chi connectivity index (χ3v) is 2.31. The van der Waals surface area contributed by atoms with Gasteiger partial charge in [-0.3, -0.25) is 0 Å². The van der Waals surface area contributed by atoms with Gasteiger partial charge in [0.15, 0.2) is 0 Å². The van der Waals surface area contributed by atoms with Gasteiger partial charge >= 0.3 is 11.9 Å². The van der Waals surface area contributed by atoms with Crippen molar-refractivity contribution in [3.63, 3.8) is 0 Å². The number of esters is 2. The lowest BCUT2D eigenvalue weighted by Crippen LogP contribution is -2.16. The normalized spacial score (nSPS) is 15.5. The molecule has 0 saturated carbocycles. The summed E-state index contributed by atoms with van der Waals surface area (Å²) in [6, 6.07) is 0. The Bertz CT molecular complexity index is 361. The summed E-state index contributed by atoms with van der Waals surface area (Å²) in [7, 11) is 3.97. The molecule has 21 heavy (non-hydrogen) atoms. The maximum absolute atomic E-state index is 10.9. The van der Waals surface area contributed by atoms with E-state index in [2.05, 4.69) is 22.8 Å². The zero-order valence-corrected chi connectivity index (χ0v) is 13.1. The fourth-order valence-corrected chi connectivity index (χ4v) is 1.07. The zero-order chi connectivity index (χ0) is 16.3. The first kappa shape index (κ1) is 19.3. The quantitative estimate of drug-likeness (QED) is 0.290. The van der Waals surface area contributed by atoms with Crippen LogP contribution in [-0.2, 0) is 23.8 Å². The molecule has 0 amide bonds. The van der Waals surface area contributed by atoms with Crippen LogP contribution in [0.15, 0.2) is 24.8 Å². The van der Waals surface area contributed by atoms with Crippen LogP contribution in [0, 0.1) is 0 Å². The molecule has 0 aromatic heterocycles. The van der Waals surface area contributed by atoms with Crippen molar-refractivity contribution in [2.45, 2.75) is 19.4 Å². The highest BCUT2D eigenvalue weighted by Gasteiger charge is 2.23. The molecule has 1 fully saturated rings. The molecule has 1 rings (SSSR count). The molecule has 6 nitrogen and oxygen atoms in total. The largest absolute Gasteiger partial charge is 0.462 e. The van der Waals surface area contributed by atoms with Crippen LogP contribution in [0.5, 0.6) is 0 Å². The van der Waals surface area contributed by atoms with E-state index in [9.17, 15) is 9.59 Å². The number of epoxide rings is 1. The van der Waals surface area contributed by atoms with Crippen molar-refractivity contribution in [1.82, 2.24) is 4.90 Å². The Kier molecular flexibility index (Phi) is 10.2. The summed E-state index contributed by atoms with van der Waals surface area (Å²) in [5.74, 6) is -0.681. The Labute approximate surface area is 126 Å². The molecule has 120 valence electrons. The molecular weight excluding hydrogens is 274 g/mol. The lowest BCUT2D eigenvalue weighted by molar-refractivity contribution is -0.139. The van der Waals surface area contributed by atoms with Gasteiger partial charge in [0, 0.05) is 18.2 Å². The maximum atomic E-state index is 10.9. The minimum atomic E-state index is -0.384. The molecule has 6 heteroatoms. The van der Waals surface area contributed by atoms with Crippen molar-refractivity contribution in [3.8, 4) is 0 Å². The van der Waals surface area contributed by atoms with Gasteiger partial charge in [-0.1, -0.05) is 13.2 Å². The summed E-state index contributed by atoms with van der Waals surface area (Å²) in [5, 5.41) is 0. The van der Waals surface area contributed by atoms with Gasteiger partial charge in [-0.15, -0.1) is 0 Å². The Morgan fingerprint density at radius 3 is 2.43 bits per heavy atom. The molecule has 0 bridgehead atoms. The predicted octanol–water partition coefficient (Wildman–Crippen LogP) is 1.17. The van der Waals surface area contributed by atoms with Crippen LogP contribution in [0.3, 0.4) is 0 Å². The third kappa shape index (κ3) is 13.1. The summed E-state index contributed by atoms with van der Waals surface area (Å²) in [5.41, 5.74) is 0.458. The molecule has 0 N–H and O–H groups in total. The summed E-state index contributed by atoms with van der Waals surface area (Å²) in [6.07, 6.45) is 2.16. The maximum Gasteiger partial charge on any atom is 0.333 e. The number of nitrogens with zero attached hydrogens (tertiary/aromatic N) is 1. The van der Waals surface area contributed by atoms with Crippen molar-refractivity contribution in [2.75, 3.05) is 40.5 Å². The van der Waals surface area contributed by atoms with Crippen molar-refractivity contribution >= 4 is 11.9 Å². The second kappa shape index (κ2) is 11.0. The molecule has 0 radical (unpaired) electrons. The second-order valence-electron chi connectivity index (χ2n) is 4.86. The lowest BCUT2D eigenvalue weighted by atomic mass is 10.3. The van der Waals surface area contributed by atoms with Crippen LogP contribution in [0.2, 0.25) is 0 Å². The number of carbonyl (C=O) groups excluding carboxylic acids is 2. The van der Waals surface area contributed by atoms with Gasteiger partial charge in [0.25, 0.3) is 0 Å². The average molecular weight is 299 g/mol. The monoisotopic (exact) mass is 299 g/mol. The number of ether oxygens (including phenoxy) is 3. The van der Waals surface area contributed by atoms with E-state index in [1.165, 1.54) is 0 Å². The molecule has 0 aromatic carbocycles. The minimum absolute atomic E-state index is 0.147. The molecule has 1 unspecified atom stereocenters. The highest BCUT2D eigenvalue weighted by molar-refractivity contribution is 5.86. The van der Waals surface area contributed by atoms with Crippen LogP contribution in [0.4, 0.5) is 0 Å². The van der Waals surface area contributed by atoms with Crippen molar-refractivity contribution in [2.24, 2.45) is 0 Å². The number of hydrogen-bond acceptors (Lipinski definition) is 6. The molecule has 1 aliphatic rings. The Morgan fingerprint density at radius 1 is 1.38 bits per heavy atom. The van der Waals surface area contributed by atoms with Gasteiger partial charge in [0.05, 0.1) is 13.2 Å². The van der Waals surface area contributed by atoms with E-state index in [0.717, 1.165) is 19.0 Å². The molecule has 0 spiro atoms. The highest BCUT2D eigenvalue weighted by Crippen LogP contribution is 2.08. The Hall–Kier alpha value is -1.66. The zero-order valence-electron chi connectivity index (χ0n) is 13.1. The summed E-state index contributed by atoms with van der Waals surface area (Å²) < 4.78 is 14.3. The molecule has 1 heterocycles. The molecule has 1 atom stereocenters. The number of carbonyl (C=O) groups is 2. The molecule has 0 aliphatic carbocycles. The smallest absolute Gasteiger partial charge is 0.333 e. The second-order valence-corrected chi connectivity index (χ2v) is 4.86. The lowest BCUT2D eigenvalue weighted by Gasteiger charge is -2.09. The topological polar surface area (TPSA) is 68.4 Å². The third-order valence-electron chi connectivity index (χ3n) is 2.31. The van der Waals surface area contributed by atoms with E-state index in [0.29, 0.717) is 25.4 Å². The molecule has 1 saturated heterocycles. The van der Waals surface area contributed by atoms with E-state index >= 15 is 0 Å². The first-order chi connectivity index (χ1) is 9.86. The van der Waals surface area contributed by atoms with E-state index in [-0.39, 0.29) is 18.0 Å². The summed E-state index contributed by atoms with van der Waals surface area (Å²) in [6.45, 7) is 10.9. The Morgan fingerprint density at radius 2 is 2.00 bits per heavy atom. The van der Waals surface area contributed by atoms with Crippen LogP contribution < -0.4 is 0 Å². The van der Waals surface area contributed by atoms with Gasteiger partial charge in [-0.2, -0.15) is 0 Å². The van der Waals surface area contributed by atoms with Gasteiger partial charge in [0.1, 0.15) is 12.7 Å². The molecule has 1 aliphatic heterocycles. The van der Waals surface area contributed by atoms with Gasteiger partial charge in [-0.05, 0) is 27.4 Å². The number of hydrogen-bond donors (Lipinski definition) is 0. The van der Waals surface area contributed by atoms with Gasteiger partial charge in [-0.25, -0.2) is 9.59 Å². The van der Waals surface area contributed by atoms with Crippen LogP contribution in [-0.4, -0.2) is 63.4 Å². The molecular formula is C15H25NO5. The average Bonchev–Trinajstić information content (AvgIpc) is 3.25. The molecule has 0 aromatic rings. The van der Waals surface area contributed by atoms with E-state index in [4.69, 9.17) is 9.47 Å². The van der Waals surface area contributed by atoms with Crippen LogP contribution >= 0.6 is 0 Å². The fraction of sp³-hybridized carbons (Fsp3) is 0.600. The summed E-state index contributed by atoms with van der Waals surface area (Å²) >= 11 is 0. The van der Waals surface area contributed by atoms with Gasteiger partial charge < -0.3 is 19.1 Å². The van der Waals surface area contributed by atoms with Crippen LogP contribution in [0.1, 0.15) is 13.3 Å². The van der Waals surface area contributed by atoms with Crippen molar-refractivity contribution < 1.29 is 23.8 Å². The van der Waals surface area contributed by atoms with Crippen molar-refractivity contribution in [1.29, 1.82) is 0 Å². The fourth-order valence-electron chi connectivity index (χ4n) is 1.07. The summed E-state index contributed by atoms with van der Waals surface area (Å²) in [4.78, 5) is 23.3. The first-order valence-electron chi connectivity index (χ1n) is 6.75. The van der Waals surface area contributed by atoms with Crippen LogP contribution in [0.25, 0.3) is 0 Å². The van der Waals surface area contributed by atoms with E-state index in [1.54, 1.807) is 6.92 Å². The van der Waals surface area contributed by atoms with Gasteiger partial charge in [0.2, 0.25) is 0 Å². The minimum Gasteiger partial charge on any atom is -0.462 e. The van der Waals surface area contributed by atoms with E-state index < -0.39 is 0 Å². The van der Waals surface area contributed by atoms with E-state index in [1.807, 2.05) is 14.1 Å². The highest BCUT2D eigenvalue weighted by atomic mass is 16.6. The first-order valence-corrected chi connectivity index (χ1v) is 6.75. The van der Waals surface area contributed by atoms with Crippen molar-refractivity contribution in [3.05, 3.63) is 24.8 Å². The standard InChI is InChI=1S/C9H17NO2.C6H8O3/c1-8(2)9(11)12-7-5-6-10(3)4;1-2-6(7)9-4-5-3-8-5/h1,5-7H2,2-4H3;2,5H,1,3-4H2. The number of rotatable bonds is 8. The Balaban J connectivity index is 0.000000394.